The summed E-state index contributed by atoms with van der Waals surface area (Å²) in [5.74, 6) is 0.492. The molecule has 0 saturated heterocycles. The van der Waals surface area contributed by atoms with E-state index in [-0.39, 0.29) is 54.9 Å². The fourth-order valence-electron chi connectivity index (χ4n) is 2.68. The van der Waals surface area contributed by atoms with Crippen molar-refractivity contribution in [3.05, 3.63) is 82.2 Å². The number of hydrogen-bond acceptors (Lipinski definition) is 7. The Morgan fingerprint density at radius 1 is 1.03 bits per heavy atom. The van der Waals surface area contributed by atoms with Gasteiger partial charge in [-0.05, 0) is 56.1 Å². The number of hydrogen-bond donors (Lipinski definition) is 2. The van der Waals surface area contributed by atoms with E-state index < -0.39 is 16.9 Å². The number of nitrogens with zero attached hydrogens (tertiary/aromatic N) is 4. The van der Waals surface area contributed by atoms with E-state index in [1.165, 1.54) is 12.1 Å². The summed E-state index contributed by atoms with van der Waals surface area (Å²) in [6.45, 7) is 0. The molecule has 2 aromatic heterocycles. The van der Waals surface area contributed by atoms with E-state index in [9.17, 15) is 14.4 Å². The molecule has 0 saturated carbocycles. The zero-order chi connectivity index (χ0) is 21.4. The van der Waals surface area contributed by atoms with Gasteiger partial charge in [-0.1, -0.05) is 12.1 Å². The first-order valence-corrected chi connectivity index (χ1v) is 9.76. The molecule has 2 N–H and O–H groups in total. The van der Waals surface area contributed by atoms with Crippen LogP contribution in [0.3, 0.4) is 0 Å². The molecule has 13 heteroatoms. The first kappa shape index (κ1) is 23.4. The second-order valence-corrected chi connectivity index (χ2v) is 7.58. The molecule has 2 aromatic carbocycles. The number of halogens is 2. The molecule has 0 unspecified atom stereocenters. The topological polar surface area (TPSA) is 147 Å². The molecule has 0 bridgehead atoms. The number of nitrogens with one attached hydrogen (secondary N) is 2. The number of H-pyrrole nitrogens is 2. The summed E-state index contributed by atoms with van der Waals surface area (Å²) < 4.78 is 7.62. The van der Waals surface area contributed by atoms with Gasteiger partial charge in [0.05, 0.1) is 25.4 Å². The Hall–Kier alpha value is -2.30. The summed E-state index contributed by atoms with van der Waals surface area (Å²) in [7, 11) is 0. The number of nitriles is 1. The van der Waals surface area contributed by atoms with Crippen LogP contribution in [-0.2, 0) is 0 Å². The molecule has 0 atom stereocenters. The summed E-state index contributed by atoms with van der Waals surface area (Å²) in [6, 6.07) is 11.5. The van der Waals surface area contributed by atoms with E-state index in [0.29, 0.717) is 25.5 Å². The predicted octanol–water partition coefficient (Wildman–Crippen LogP) is 1.43. The average molecular weight is 574 g/mol. The predicted molar refractivity (Wildman–Crippen MR) is 122 cm³/mol. The zero-order valence-electron chi connectivity index (χ0n) is 14.6. The Balaban J connectivity index is 0.00000272. The van der Waals surface area contributed by atoms with Crippen LogP contribution < -0.4 is 21.5 Å². The van der Waals surface area contributed by atoms with Gasteiger partial charge >= 0.3 is 43.4 Å². The molecule has 0 radical (unpaired) electrons. The summed E-state index contributed by atoms with van der Waals surface area (Å²) in [6.07, 6.45) is 0. The van der Waals surface area contributed by atoms with Crippen LogP contribution in [0.5, 0.6) is 11.6 Å². The Kier molecular flexibility index (Phi) is 7.13. The van der Waals surface area contributed by atoms with Crippen LogP contribution in [0.4, 0.5) is 0 Å². The van der Waals surface area contributed by atoms with Crippen LogP contribution in [0.15, 0.2) is 59.7 Å². The fourth-order valence-corrected chi connectivity index (χ4v) is 4.00. The van der Waals surface area contributed by atoms with Crippen molar-refractivity contribution < 1.29 is 4.74 Å². The molecule has 10 nitrogen and oxygen atoms in total. The molecule has 0 fully saturated rings. The van der Waals surface area contributed by atoms with E-state index >= 15 is 0 Å². The number of fused-ring (bicyclic) bond motifs is 1. The summed E-state index contributed by atoms with van der Waals surface area (Å²) in [4.78, 5) is 37.7. The third-order valence-electron chi connectivity index (χ3n) is 4.02. The second kappa shape index (κ2) is 9.46. The molecule has 4 rings (SSSR count). The molecular weight excluding hydrogens is 564 g/mol. The maximum atomic E-state index is 12.1. The third-order valence-corrected chi connectivity index (χ3v) is 5.20. The molecule has 0 aliphatic carbocycles. The molecule has 0 spiro atoms. The minimum absolute atomic E-state index is 0. The van der Waals surface area contributed by atoms with Crippen molar-refractivity contribution in [2.75, 3.05) is 0 Å². The average Bonchev–Trinajstić information content (AvgIpc) is 2.72. The van der Waals surface area contributed by atoms with E-state index in [1.807, 2.05) is 4.98 Å². The normalized spacial score (nSPS) is 10.4. The van der Waals surface area contributed by atoms with Crippen molar-refractivity contribution in [2.24, 2.45) is 0 Å². The van der Waals surface area contributed by atoms with Crippen molar-refractivity contribution in [2.45, 2.75) is 0 Å². The Morgan fingerprint density at radius 2 is 1.68 bits per heavy atom. The van der Waals surface area contributed by atoms with Crippen LogP contribution in [0.1, 0.15) is 5.69 Å². The number of aromatic amines is 2. The molecule has 0 aliphatic rings. The molecular formula is C18H10Br2CaN6O4. The van der Waals surface area contributed by atoms with Gasteiger partial charge in [0.25, 0.3) is 11.1 Å². The van der Waals surface area contributed by atoms with E-state index in [0.717, 1.165) is 4.68 Å². The summed E-state index contributed by atoms with van der Waals surface area (Å²) in [5, 5.41) is 20.0. The van der Waals surface area contributed by atoms with Crippen molar-refractivity contribution in [3.8, 4) is 23.4 Å². The maximum absolute atomic E-state index is 12.1. The monoisotopic (exact) mass is 572 g/mol. The van der Waals surface area contributed by atoms with Crippen LogP contribution in [0.25, 0.3) is 16.5 Å². The van der Waals surface area contributed by atoms with E-state index in [4.69, 9.17) is 10.00 Å². The summed E-state index contributed by atoms with van der Waals surface area (Å²) in [5.41, 5.74) is -2.21. The van der Waals surface area contributed by atoms with Crippen LogP contribution in [0.2, 0.25) is 0 Å². The van der Waals surface area contributed by atoms with Gasteiger partial charge in [-0.25, -0.2) is 9.89 Å². The van der Waals surface area contributed by atoms with Crippen LogP contribution in [-0.4, -0.2) is 62.7 Å². The van der Waals surface area contributed by atoms with Gasteiger partial charge in [0.1, 0.15) is 6.07 Å². The molecule has 31 heavy (non-hydrogen) atoms. The molecule has 4 aromatic rings. The van der Waals surface area contributed by atoms with E-state index in [1.54, 1.807) is 30.3 Å². The van der Waals surface area contributed by atoms with Crippen LogP contribution >= 0.6 is 31.9 Å². The standard InChI is InChI=1S/C18H8Br2N6O4.Ca.2H/c19-11-5-8(26-18(29)22-16(28)13(7-21)25-26)6-12(20)14(11)30-17-10-4-2-1-3-9(10)15(27)23-24-17;;;/h1-6H,(H,23,27)(H,22,28,29);;;. The minimum atomic E-state index is -0.868. The van der Waals surface area contributed by atoms with Gasteiger partial charge in [-0.15, -0.1) is 10.2 Å². The number of rotatable bonds is 3. The van der Waals surface area contributed by atoms with Gasteiger partial charge in [0.2, 0.25) is 11.6 Å². The van der Waals surface area contributed by atoms with Crippen LogP contribution in [0, 0.1) is 11.3 Å². The first-order valence-electron chi connectivity index (χ1n) is 8.17. The Bertz CT molecular complexity index is 1520. The van der Waals surface area contributed by atoms with Gasteiger partial charge in [-0.3, -0.25) is 14.6 Å². The zero-order valence-corrected chi connectivity index (χ0v) is 17.8. The van der Waals surface area contributed by atoms with Crippen molar-refractivity contribution in [1.82, 2.24) is 25.0 Å². The quantitative estimate of drug-likeness (QED) is 0.352. The first-order chi connectivity index (χ1) is 14.4. The Labute approximate surface area is 219 Å². The Morgan fingerprint density at radius 3 is 2.32 bits per heavy atom. The summed E-state index contributed by atoms with van der Waals surface area (Å²) >= 11 is 6.74. The van der Waals surface area contributed by atoms with Gasteiger partial charge < -0.3 is 4.74 Å². The van der Waals surface area contributed by atoms with Gasteiger partial charge in [0.15, 0.2) is 5.75 Å². The second-order valence-electron chi connectivity index (χ2n) is 5.88. The van der Waals surface area contributed by atoms with Crippen molar-refractivity contribution >= 4 is 80.4 Å². The van der Waals surface area contributed by atoms with Crippen molar-refractivity contribution in [3.63, 3.8) is 0 Å². The van der Waals surface area contributed by atoms with Crippen molar-refractivity contribution in [1.29, 1.82) is 5.26 Å². The molecule has 0 amide bonds. The van der Waals surface area contributed by atoms with E-state index in [2.05, 4.69) is 47.2 Å². The number of benzene rings is 2. The number of aromatic nitrogens is 5. The van der Waals surface area contributed by atoms with Gasteiger partial charge in [-0.2, -0.15) is 9.94 Å². The number of ether oxygens (including phenoxy) is 1. The fraction of sp³-hybridized carbons (Fsp3) is 0. The molecule has 2 heterocycles. The third kappa shape index (κ3) is 4.51. The molecule has 0 aliphatic heterocycles. The molecule has 152 valence electrons. The SMILES string of the molecule is N#Cc1nn(-c2cc(Br)c(Oc3n[nH]c(=O)c4ccccc34)c(Br)c2)c(=O)[nH]c1=O.[CaH2]. The van der Waals surface area contributed by atoms with Gasteiger partial charge in [0, 0.05) is 0 Å².